The summed E-state index contributed by atoms with van der Waals surface area (Å²) in [4.78, 5) is 12.7. The Bertz CT molecular complexity index is 1230. The first-order valence-electron chi connectivity index (χ1n) is 19.7. The second-order valence-electron chi connectivity index (χ2n) is 13.1. The van der Waals surface area contributed by atoms with Gasteiger partial charge in [-0.05, 0) is 64.2 Å². The van der Waals surface area contributed by atoms with Crippen LogP contribution in [0.4, 0.5) is 0 Å². The number of esters is 1. The van der Waals surface area contributed by atoms with Crippen molar-refractivity contribution in [1.82, 2.24) is 0 Å². The van der Waals surface area contributed by atoms with Crippen LogP contribution in [0.15, 0.2) is 72.9 Å². The second kappa shape index (κ2) is 32.8. The average Bonchev–Trinajstić information content (AvgIpc) is 3.14. The summed E-state index contributed by atoms with van der Waals surface area (Å²) in [7, 11) is -5.06. The zero-order valence-electron chi connectivity index (χ0n) is 32.5. The first-order chi connectivity index (χ1) is 26.1. The van der Waals surface area contributed by atoms with Crippen LogP contribution in [0.5, 0.6) is 0 Å². The van der Waals surface area contributed by atoms with Gasteiger partial charge in [-0.2, -0.15) is 8.42 Å². The molecule has 0 aliphatic carbocycles. The van der Waals surface area contributed by atoms with E-state index in [0.717, 1.165) is 77.0 Å². The summed E-state index contributed by atoms with van der Waals surface area (Å²) in [6, 6.07) is 0. The Balaban J connectivity index is 2.45. The molecule has 0 aromatic carbocycles. The monoisotopic (exact) mass is 784 g/mol. The zero-order valence-corrected chi connectivity index (χ0v) is 33.3. The number of hydrogen-bond acceptors (Lipinski definition) is 11. The van der Waals surface area contributed by atoms with Crippen LogP contribution in [0, 0.1) is 0 Å². The Morgan fingerprint density at radius 1 is 0.722 bits per heavy atom. The lowest BCUT2D eigenvalue weighted by Gasteiger charge is -2.41. The van der Waals surface area contributed by atoms with E-state index in [-0.39, 0.29) is 19.6 Å². The highest BCUT2D eigenvalue weighted by Gasteiger charge is 2.48. The number of allylic oxidation sites excluding steroid dienone is 12. The summed E-state index contributed by atoms with van der Waals surface area (Å²) < 4.78 is 58.5. The SMILES string of the molecule is CC/C=C\C/C=C\C/C=C\C/C=C\C/C=C\C/C=C\CCCCC(=O)OC(COCCCCCCCC)COC1OC(CO)C(O)C(OS(=O)(=O)O)C1O. The van der Waals surface area contributed by atoms with E-state index in [4.69, 9.17) is 23.5 Å². The molecular formula is C41H68O12S. The molecule has 1 rings (SSSR count). The van der Waals surface area contributed by atoms with E-state index in [0.29, 0.717) is 13.0 Å². The van der Waals surface area contributed by atoms with Gasteiger partial charge in [0.25, 0.3) is 0 Å². The van der Waals surface area contributed by atoms with Gasteiger partial charge in [0, 0.05) is 13.0 Å². The third kappa shape index (κ3) is 26.4. The van der Waals surface area contributed by atoms with Gasteiger partial charge < -0.3 is 34.3 Å². The predicted octanol–water partition coefficient (Wildman–Crippen LogP) is 7.18. The minimum atomic E-state index is -5.06. The van der Waals surface area contributed by atoms with E-state index >= 15 is 0 Å². The number of hydrogen-bond donors (Lipinski definition) is 4. The summed E-state index contributed by atoms with van der Waals surface area (Å²) >= 11 is 0. The fraction of sp³-hybridized carbons (Fsp3) is 0.683. The largest absolute Gasteiger partial charge is 0.457 e. The minimum absolute atomic E-state index is 0.0130. The highest BCUT2D eigenvalue weighted by Crippen LogP contribution is 2.26. The zero-order chi connectivity index (χ0) is 39.7. The molecule has 1 heterocycles. The molecule has 54 heavy (non-hydrogen) atoms. The van der Waals surface area contributed by atoms with Crippen LogP contribution in [0.3, 0.4) is 0 Å². The molecule has 6 unspecified atom stereocenters. The molecule has 1 aliphatic rings. The van der Waals surface area contributed by atoms with Gasteiger partial charge in [-0.15, -0.1) is 0 Å². The molecule has 1 aliphatic heterocycles. The number of ether oxygens (including phenoxy) is 4. The van der Waals surface area contributed by atoms with Crippen LogP contribution in [-0.2, 0) is 38.3 Å². The fourth-order valence-corrected chi connectivity index (χ4v) is 5.89. The lowest BCUT2D eigenvalue weighted by molar-refractivity contribution is -0.301. The van der Waals surface area contributed by atoms with E-state index in [1.165, 1.54) is 12.8 Å². The molecule has 0 radical (unpaired) electrons. The van der Waals surface area contributed by atoms with Crippen molar-refractivity contribution in [3.8, 4) is 0 Å². The molecule has 0 aromatic heterocycles. The summed E-state index contributed by atoms with van der Waals surface area (Å²) in [6.07, 6.45) is 31.2. The maximum atomic E-state index is 12.7. The Labute approximate surface area is 324 Å². The molecule has 0 spiro atoms. The van der Waals surface area contributed by atoms with Crippen LogP contribution >= 0.6 is 0 Å². The number of aliphatic hydroxyl groups is 3. The molecule has 4 N–H and O–H groups in total. The smallest absolute Gasteiger partial charge is 0.397 e. The minimum Gasteiger partial charge on any atom is -0.457 e. The number of carbonyl (C=O) groups excluding carboxylic acids is 1. The fourth-order valence-electron chi connectivity index (χ4n) is 5.38. The first kappa shape index (κ1) is 49.6. The molecule has 13 heteroatoms. The molecule has 1 saturated heterocycles. The summed E-state index contributed by atoms with van der Waals surface area (Å²) in [5, 5.41) is 30.4. The van der Waals surface area contributed by atoms with Gasteiger partial charge in [-0.3, -0.25) is 9.35 Å². The van der Waals surface area contributed by atoms with Crippen molar-refractivity contribution in [2.24, 2.45) is 0 Å². The van der Waals surface area contributed by atoms with Crippen LogP contribution < -0.4 is 0 Å². The molecule has 6 atom stereocenters. The maximum absolute atomic E-state index is 12.7. The van der Waals surface area contributed by atoms with Crippen molar-refractivity contribution in [1.29, 1.82) is 0 Å². The number of aliphatic hydroxyl groups excluding tert-OH is 3. The molecule has 0 bridgehead atoms. The van der Waals surface area contributed by atoms with E-state index in [9.17, 15) is 28.5 Å². The number of rotatable bonds is 32. The molecule has 12 nitrogen and oxygen atoms in total. The van der Waals surface area contributed by atoms with Crippen molar-refractivity contribution in [2.45, 2.75) is 153 Å². The second-order valence-corrected chi connectivity index (χ2v) is 14.2. The van der Waals surface area contributed by atoms with Crippen LogP contribution in [0.1, 0.15) is 117 Å². The first-order valence-corrected chi connectivity index (χ1v) is 21.1. The third-order valence-electron chi connectivity index (χ3n) is 8.34. The van der Waals surface area contributed by atoms with Gasteiger partial charge in [0.15, 0.2) is 6.29 Å². The van der Waals surface area contributed by atoms with Gasteiger partial charge in [-0.1, -0.05) is 119 Å². The Hall–Kier alpha value is -2.46. The van der Waals surface area contributed by atoms with E-state index in [2.05, 4.69) is 90.9 Å². The molecule has 0 saturated carbocycles. The van der Waals surface area contributed by atoms with Gasteiger partial charge >= 0.3 is 16.4 Å². The molecule has 0 aromatic rings. The van der Waals surface area contributed by atoms with Crippen LogP contribution in [-0.4, -0.2) is 97.5 Å². The number of unbranched alkanes of at least 4 members (excludes halogenated alkanes) is 7. The van der Waals surface area contributed by atoms with Crippen molar-refractivity contribution >= 4 is 16.4 Å². The highest BCUT2D eigenvalue weighted by atomic mass is 32.3. The van der Waals surface area contributed by atoms with Crippen molar-refractivity contribution in [3.05, 3.63) is 72.9 Å². The topological polar surface area (TPSA) is 178 Å². The molecule has 0 amide bonds. The van der Waals surface area contributed by atoms with E-state index < -0.39 is 59.8 Å². The lowest BCUT2D eigenvalue weighted by atomic mass is 9.99. The van der Waals surface area contributed by atoms with Crippen molar-refractivity contribution < 1.29 is 56.2 Å². The standard InChI is InChI=1S/C41H68O12S/c1-3-5-7-9-11-12-13-14-15-16-17-18-19-20-21-22-23-24-25-26-28-30-37(43)51-35(33-49-31-29-27-10-8-6-4-2)34-50-41-39(45)40(53-54(46,47)48)38(44)36(32-42)52-41/h5,7,11-12,14-15,17-18,20-21,23-24,35-36,38-42,44-45H,3-4,6,8-10,13,16,19,22,25-34H2,1-2H3,(H,46,47,48)/b7-5-,12-11-,15-14-,18-17-,21-20-,24-23-. The number of carbonyl (C=O) groups is 1. The van der Waals surface area contributed by atoms with Crippen LogP contribution in [0.25, 0.3) is 0 Å². The van der Waals surface area contributed by atoms with Gasteiger partial charge in [-0.25, -0.2) is 4.18 Å². The normalized spacial score (nSPS) is 21.9. The van der Waals surface area contributed by atoms with Crippen molar-refractivity contribution in [2.75, 3.05) is 26.4 Å². The average molecular weight is 785 g/mol. The Kier molecular flexibility index (Phi) is 30.1. The predicted molar refractivity (Wildman–Crippen MR) is 211 cm³/mol. The third-order valence-corrected chi connectivity index (χ3v) is 8.81. The summed E-state index contributed by atoms with van der Waals surface area (Å²) in [5.41, 5.74) is 0. The van der Waals surface area contributed by atoms with Crippen molar-refractivity contribution in [3.63, 3.8) is 0 Å². The molecule has 310 valence electrons. The molecular weight excluding hydrogens is 717 g/mol. The summed E-state index contributed by atoms with van der Waals surface area (Å²) in [5.74, 6) is -0.448. The van der Waals surface area contributed by atoms with Gasteiger partial charge in [0.1, 0.15) is 30.5 Å². The Morgan fingerprint density at radius 3 is 1.83 bits per heavy atom. The lowest BCUT2D eigenvalue weighted by Crippen LogP contribution is -2.60. The quantitative estimate of drug-likeness (QED) is 0.0234. The Morgan fingerprint density at radius 2 is 1.28 bits per heavy atom. The van der Waals surface area contributed by atoms with Gasteiger partial charge in [0.2, 0.25) is 0 Å². The van der Waals surface area contributed by atoms with Crippen LogP contribution in [0.2, 0.25) is 0 Å². The maximum Gasteiger partial charge on any atom is 0.397 e. The molecule has 1 fully saturated rings. The van der Waals surface area contributed by atoms with E-state index in [1.54, 1.807) is 0 Å². The summed E-state index contributed by atoms with van der Waals surface area (Å²) in [6.45, 7) is 3.71. The van der Waals surface area contributed by atoms with E-state index in [1.807, 2.05) is 0 Å². The highest BCUT2D eigenvalue weighted by molar-refractivity contribution is 7.80. The van der Waals surface area contributed by atoms with Gasteiger partial charge in [0.05, 0.1) is 19.8 Å².